The van der Waals surface area contributed by atoms with Crippen molar-refractivity contribution in [1.82, 2.24) is 5.43 Å². The van der Waals surface area contributed by atoms with Crippen LogP contribution < -0.4 is 10.7 Å². The van der Waals surface area contributed by atoms with E-state index < -0.39 is 0 Å². The van der Waals surface area contributed by atoms with Gasteiger partial charge in [0.25, 0.3) is 5.91 Å². The molecule has 0 aliphatic heterocycles. The average molecular weight is 381 g/mol. The van der Waals surface area contributed by atoms with Gasteiger partial charge in [-0.1, -0.05) is 60.7 Å². The molecule has 3 aromatic carbocycles. The average Bonchev–Trinajstić information content (AvgIpc) is 3.30. The molecule has 4 aromatic rings. The third-order valence-electron chi connectivity index (χ3n) is 4.30. The van der Waals surface area contributed by atoms with Crippen LogP contribution in [0.4, 0.5) is 11.4 Å². The van der Waals surface area contributed by atoms with E-state index in [0.29, 0.717) is 22.7 Å². The number of carbonyl (C=O) groups excluding carboxylic acids is 1. The molecule has 0 atom stereocenters. The van der Waals surface area contributed by atoms with Gasteiger partial charge in [0.2, 0.25) is 0 Å². The van der Waals surface area contributed by atoms with Crippen molar-refractivity contribution in [3.05, 3.63) is 120 Å². The van der Waals surface area contributed by atoms with Crippen LogP contribution in [0.1, 0.15) is 21.7 Å². The first-order valence-corrected chi connectivity index (χ1v) is 9.20. The molecule has 1 heterocycles. The first kappa shape index (κ1) is 18.3. The van der Waals surface area contributed by atoms with Crippen molar-refractivity contribution in [1.29, 1.82) is 0 Å². The Morgan fingerprint density at radius 2 is 1.45 bits per heavy atom. The van der Waals surface area contributed by atoms with Gasteiger partial charge in [0.05, 0.1) is 17.5 Å². The number of hydrazone groups is 1. The minimum atomic E-state index is -0.316. The lowest BCUT2D eigenvalue weighted by molar-refractivity contribution is 0.0955. The van der Waals surface area contributed by atoms with Crippen LogP contribution in [0.15, 0.2) is 113 Å². The molecule has 5 nitrogen and oxygen atoms in total. The van der Waals surface area contributed by atoms with Crippen LogP contribution in [0, 0.1) is 0 Å². The van der Waals surface area contributed by atoms with E-state index in [1.807, 2.05) is 84.9 Å². The minimum Gasteiger partial charge on any atom is -0.463 e. The third-order valence-corrected chi connectivity index (χ3v) is 4.30. The van der Waals surface area contributed by atoms with Gasteiger partial charge in [-0.25, -0.2) is 5.43 Å². The third kappa shape index (κ3) is 4.42. The summed E-state index contributed by atoms with van der Waals surface area (Å²) in [6.07, 6.45) is 1.58. The summed E-state index contributed by atoms with van der Waals surface area (Å²) in [4.78, 5) is 12.9. The second-order valence-corrected chi connectivity index (χ2v) is 6.28. The molecule has 0 saturated carbocycles. The normalized spacial score (nSPS) is 11.1. The van der Waals surface area contributed by atoms with Gasteiger partial charge in [0.1, 0.15) is 5.71 Å². The number of anilines is 2. The van der Waals surface area contributed by atoms with Crippen molar-refractivity contribution in [2.24, 2.45) is 5.10 Å². The Balaban J connectivity index is 1.60. The van der Waals surface area contributed by atoms with Gasteiger partial charge < -0.3 is 9.73 Å². The molecule has 0 spiro atoms. The Morgan fingerprint density at radius 3 is 2.17 bits per heavy atom. The summed E-state index contributed by atoms with van der Waals surface area (Å²) >= 11 is 0. The summed E-state index contributed by atoms with van der Waals surface area (Å²) in [6, 6.07) is 30.2. The van der Waals surface area contributed by atoms with Crippen LogP contribution in [0.2, 0.25) is 0 Å². The van der Waals surface area contributed by atoms with Crippen molar-refractivity contribution in [3.8, 4) is 0 Å². The standard InChI is InChI=1S/C24H19N3O2/c28-24(20-14-7-8-15-21(20)25-19-12-5-2-6-13-19)27-26-23(22-16-9-17-29-22)18-10-3-1-4-11-18/h1-17,25H,(H,27,28). The number of rotatable bonds is 6. The van der Waals surface area contributed by atoms with Gasteiger partial charge >= 0.3 is 0 Å². The molecule has 1 amide bonds. The first-order valence-electron chi connectivity index (χ1n) is 9.20. The zero-order chi connectivity index (χ0) is 19.9. The number of amides is 1. The molecule has 142 valence electrons. The molecule has 0 bridgehead atoms. The molecule has 5 heteroatoms. The first-order chi connectivity index (χ1) is 14.3. The second-order valence-electron chi connectivity index (χ2n) is 6.28. The number of nitrogens with zero attached hydrogens (tertiary/aromatic N) is 1. The fourth-order valence-corrected chi connectivity index (χ4v) is 2.91. The Kier molecular flexibility index (Phi) is 5.48. The van der Waals surface area contributed by atoms with Crippen LogP contribution in [0.5, 0.6) is 0 Å². The molecule has 0 radical (unpaired) electrons. The fourth-order valence-electron chi connectivity index (χ4n) is 2.91. The second kappa shape index (κ2) is 8.71. The summed E-state index contributed by atoms with van der Waals surface area (Å²) in [5.41, 5.74) is 6.15. The summed E-state index contributed by atoms with van der Waals surface area (Å²) in [7, 11) is 0. The van der Waals surface area contributed by atoms with Crippen molar-refractivity contribution < 1.29 is 9.21 Å². The highest BCUT2D eigenvalue weighted by molar-refractivity contribution is 6.12. The lowest BCUT2D eigenvalue weighted by Gasteiger charge is -2.11. The number of nitrogens with one attached hydrogen (secondary N) is 2. The Morgan fingerprint density at radius 1 is 0.759 bits per heavy atom. The van der Waals surface area contributed by atoms with Gasteiger partial charge in [0, 0.05) is 11.3 Å². The smallest absolute Gasteiger partial charge is 0.273 e. The summed E-state index contributed by atoms with van der Waals surface area (Å²) in [5, 5.41) is 7.63. The Labute approximate surface area is 168 Å². The van der Waals surface area contributed by atoms with E-state index in [4.69, 9.17) is 4.42 Å². The van der Waals surface area contributed by atoms with Gasteiger partial charge in [-0.15, -0.1) is 0 Å². The fraction of sp³-hybridized carbons (Fsp3) is 0. The van der Waals surface area contributed by atoms with Crippen molar-refractivity contribution in [2.75, 3.05) is 5.32 Å². The maximum atomic E-state index is 12.9. The summed E-state index contributed by atoms with van der Waals surface area (Å²) in [5.74, 6) is 0.260. The van der Waals surface area contributed by atoms with E-state index in [1.54, 1.807) is 18.4 Å². The van der Waals surface area contributed by atoms with Crippen LogP contribution in [-0.2, 0) is 0 Å². The quantitative estimate of drug-likeness (QED) is 0.356. The van der Waals surface area contributed by atoms with E-state index in [9.17, 15) is 4.79 Å². The topological polar surface area (TPSA) is 66.6 Å². The van der Waals surface area contributed by atoms with Crippen LogP contribution in [0.25, 0.3) is 0 Å². The van der Waals surface area contributed by atoms with Crippen molar-refractivity contribution in [2.45, 2.75) is 0 Å². The van der Waals surface area contributed by atoms with E-state index in [2.05, 4.69) is 15.8 Å². The molecular formula is C24H19N3O2. The molecule has 0 saturated heterocycles. The van der Waals surface area contributed by atoms with Crippen LogP contribution in [-0.4, -0.2) is 11.6 Å². The van der Waals surface area contributed by atoms with Crippen molar-refractivity contribution in [3.63, 3.8) is 0 Å². The predicted molar refractivity (Wildman–Crippen MR) is 114 cm³/mol. The summed E-state index contributed by atoms with van der Waals surface area (Å²) in [6.45, 7) is 0. The van der Waals surface area contributed by atoms with Gasteiger partial charge in [-0.05, 0) is 36.4 Å². The van der Waals surface area contributed by atoms with Gasteiger partial charge in [-0.2, -0.15) is 5.10 Å². The number of hydrogen-bond acceptors (Lipinski definition) is 4. The minimum absolute atomic E-state index is 0.316. The van der Waals surface area contributed by atoms with E-state index in [1.165, 1.54) is 0 Å². The monoisotopic (exact) mass is 381 g/mol. The molecule has 0 aliphatic rings. The molecule has 2 N–H and O–H groups in total. The van der Waals surface area contributed by atoms with E-state index in [-0.39, 0.29) is 5.91 Å². The van der Waals surface area contributed by atoms with Crippen molar-refractivity contribution >= 4 is 23.0 Å². The molecule has 0 unspecified atom stereocenters. The SMILES string of the molecule is O=C(NN=C(c1ccccc1)c1ccco1)c1ccccc1Nc1ccccc1. The Hall–Kier alpha value is -4.12. The maximum Gasteiger partial charge on any atom is 0.273 e. The van der Waals surface area contributed by atoms with Crippen LogP contribution in [0.3, 0.4) is 0 Å². The highest BCUT2D eigenvalue weighted by atomic mass is 16.3. The number of hydrogen-bond donors (Lipinski definition) is 2. The zero-order valence-electron chi connectivity index (χ0n) is 15.6. The molecule has 0 fully saturated rings. The maximum absolute atomic E-state index is 12.9. The molecule has 4 rings (SSSR count). The van der Waals surface area contributed by atoms with E-state index in [0.717, 1.165) is 11.3 Å². The Bertz CT molecular complexity index is 1110. The molecule has 1 aromatic heterocycles. The molecular weight excluding hydrogens is 362 g/mol. The highest BCUT2D eigenvalue weighted by Gasteiger charge is 2.14. The predicted octanol–water partition coefficient (Wildman–Crippen LogP) is 5.21. The number of carbonyl (C=O) groups is 1. The molecule has 29 heavy (non-hydrogen) atoms. The van der Waals surface area contributed by atoms with Gasteiger partial charge in [0.15, 0.2) is 5.76 Å². The lowest BCUT2D eigenvalue weighted by atomic mass is 10.1. The van der Waals surface area contributed by atoms with Gasteiger partial charge in [-0.3, -0.25) is 4.79 Å². The lowest BCUT2D eigenvalue weighted by Crippen LogP contribution is -2.21. The number of benzene rings is 3. The largest absolute Gasteiger partial charge is 0.463 e. The van der Waals surface area contributed by atoms with E-state index >= 15 is 0 Å². The highest BCUT2D eigenvalue weighted by Crippen LogP contribution is 2.20. The number of para-hydroxylation sites is 2. The van der Waals surface area contributed by atoms with Crippen LogP contribution >= 0.6 is 0 Å². The summed E-state index contributed by atoms with van der Waals surface area (Å²) < 4.78 is 5.50. The molecule has 0 aliphatic carbocycles. The number of furan rings is 1. The zero-order valence-corrected chi connectivity index (χ0v) is 15.6.